The van der Waals surface area contributed by atoms with Crippen LogP contribution in [-0.2, 0) is 16.6 Å². The molecule has 0 saturated carbocycles. The molecule has 0 saturated heterocycles. The van der Waals surface area contributed by atoms with E-state index in [1.165, 1.54) is 6.07 Å². The summed E-state index contributed by atoms with van der Waals surface area (Å²) in [5.41, 5.74) is 10.1. The highest BCUT2D eigenvalue weighted by Gasteiger charge is 2.16. The number of hydrogen-bond donors (Lipinski definition) is 2. The number of benzene rings is 2. The first kappa shape index (κ1) is 15.5. The number of sulfonamides is 1. The summed E-state index contributed by atoms with van der Waals surface area (Å²) in [7, 11) is -3.57. The van der Waals surface area contributed by atoms with Crippen LogP contribution in [0.15, 0.2) is 41.3 Å². The first-order chi connectivity index (χ1) is 9.81. The molecule has 0 aliphatic carbocycles. The van der Waals surface area contributed by atoms with Crippen molar-refractivity contribution in [1.29, 1.82) is 0 Å². The van der Waals surface area contributed by atoms with Crippen LogP contribution in [0, 0.1) is 20.8 Å². The van der Waals surface area contributed by atoms with Crippen LogP contribution in [0.2, 0.25) is 0 Å². The van der Waals surface area contributed by atoms with Crippen molar-refractivity contribution < 1.29 is 8.42 Å². The van der Waals surface area contributed by atoms with Crippen LogP contribution >= 0.6 is 0 Å². The molecule has 0 amide bonds. The Balaban J connectivity index is 2.25. The van der Waals surface area contributed by atoms with E-state index >= 15 is 0 Å². The number of rotatable bonds is 4. The number of nitrogens with two attached hydrogens (primary N) is 1. The lowest BCUT2D eigenvalue weighted by molar-refractivity contribution is 0.581. The zero-order valence-electron chi connectivity index (χ0n) is 12.5. The van der Waals surface area contributed by atoms with Gasteiger partial charge >= 0.3 is 0 Å². The van der Waals surface area contributed by atoms with E-state index in [1.54, 1.807) is 6.07 Å². The fourth-order valence-corrected chi connectivity index (χ4v) is 3.20. The summed E-state index contributed by atoms with van der Waals surface area (Å²) in [6, 6.07) is 10.8. The third-order valence-electron chi connectivity index (χ3n) is 3.71. The van der Waals surface area contributed by atoms with Gasteiger partial charge in [-0.3, -0.25) is 0 Å². The second-order valence-corrected chi connectivity index (χ2v) is 6.97. The van der Waals surface area contributed by atoms with Crippen LogP contribution in [0.5, 0.6) is 0 Å². The Labute approximate surface area is 126 Å². The van der Waals surface area contributed by atoms with Crippen molar-refractivity contribution in [3.05, 3.63) is 58.7 Å². The Morgan fingerprint density at radius 2 is 1.71 bits per heavy atom. The minimum absolute atomic E-state index is 0.205. The minimum atomic E-state index is -3.57. The van der Waals surface area contributed by atoms with E-state index in [9.17, 15) is 8.42 Å². The number of hydrogen-bond acceptors (Lipinski definition) is 3. The molecule has 3 N–H and O–H groups in total. The van der Waals surface area contributed by atoms with Crippen LogP contribution in [0.1, 0.15) is 22.3 Å². The summed E-state index contributed by atoms with van der Waals surface area (Å²) in [6.07, 6.45) is 0. The van der Waals surface area contributed by atoms with Crippen molar-refractivity contribution >= 4 is 15.7 Å². The molecule has 4 nitrogen and oxygen atoms in total. The van der Waals surface area contributed by atoms with Crippen LogP contribution in [0.25, 0.3) is 0 Å². The summed E-state index contributed by atoms with van der Waals surface area (Å²) < 4.78 is 27.4. The van der Waals surface area contributed by atoms with Gasteiger partial charge in [-0.05, 0) is 55.2 Å². The molecular weight excluding hydrogens is 284 g/mol. The number of nitrogens with one attached hydrogen (secondary N) is 1. The largest absolute Gasteiger partial charge is 0.398 e. The predicted molar refractivity (Wildman–Crippen MR) is 85.5 cm³/mol. The smallest absolute Gasteiger partial charge is 0.240 e. The summed E-state index contributed by atoms with van der Waals surface area (Å²) in [5.74, 6) is 0. The van der Waals surface area contributed by atoms with E-state index in [0.29, 0.717) is 5.69 Å². The molecule has 0 heterocycles. The van der Waals surface area contributed by atoms with Crippen LogP contribution in [-0.4, -0.2) is 8.42 Å². The van der Waals surface area contributed by atoms with Gasteiger partial charge in [0.25, 0.3) is 0 Å². The van der Waals surface area contributed by atoms with E-state index in [0.717, 1.165) is 22.3 Å². The van der Waals surface area contributed by atoms with Crippen LogP contribution < -0.4 is 10.5 Å². The maximum absolute atomic E-state index is 12.4. The Morgan fingerprint density at radius 1 is 1.05 bits per heavy atom. The van der Waals surface area contributed by atoms with Crippen molar-refractivity contribution in [2.75, 3.05) is 5.73 Å². The van der Waals surface area contributed by atoms with Crippen molar-refractivity contribution in [3.8, 4) is 0 Å². The molecule has 2 aromatic rings. The van der Waals surface area contributed by atoms with Gasteiger partial charge in [-0.25, -0.2) is 13.1 Å². The average molecular weight is 304 g/mol. The third kappa shape index (κ3) is 3.43. The lowest BCUT2D eigenvalue weighted by atomic mass is 10.1. The molecule has 0 aliphatic rings. The van der Waals surface area contributed by atoms with Crippen molar-refractivity contribution in [2.24, 2.45) is 0 Å². The Hall–Kier alpha value is -1.85. The van der Waals surface area contributed by atoms with E-state index in [-0.39, 0.29) is 11.4 Å². The number of nitrogen functional groups attached to an aromatic ring is 1. The van der Waals surface area contributed by atoms with Crippen LogP contribution in [0.4, 0.5) is 5.69 Å². The minimum Gasteiger partial charge on any atom is -0.398 e. The highest BCUT2D eigenvalue weighted by atomic mass is 32.2. The summed E-state index contributed by atoms with van der Waals surface area (Å²) in [4.78, 5) is 0.205. The maximum atomic E-state index is 12.4. The second kappa shape index (κ2) is 5.87. The number of anilines is 1. The van der Waals surface area contributed by atoms with Gasteiger partial charge in [-0.15, -0.1) is 0 Å². The summed E-state index contributed by atoms with van der Waals surface area (Å²) in [6.45, 7) is 5.95. The highest BCUT2D eigenvalue weighted by molar-refractivity contribution is 7.89. The quantitative estimate of drug-likeness (QED) is 0.853. The topological polar surface area (TPSA) is 72.2 Å². The van der Waals surface area contributed by atoms with E-state index in [4.69, 9.17) is 5.73 Å². The van der Waals surface area contributed by atoms with Gasteiger partial charge in [0, 0.05) is 12.2 Å². The fraction of sp³-hybridized carbons (Fsp3) is 0.250. The zero-order valence-corrected chi connectivity index (χ0v) is 13.3. The van der Waals surface area contributed by atoms with Gasteiger partial charge in [0.2, 0.25) is 10.0 Å². The van der Waals surface area contributed by atoms with Gasteiger partial charge in [-0.1, -0.05) is 24.3 Å². The van der Waals surface area contributed by atoms with Gasteiger partial charge < -0.3 is 5.73 Å². The molecule has 112 valence electrons. The second-order valence-electron chi connectivity index (χ2n) is 5.21. The Bertz CT molecular complexity index is 745. The molecule has 0 aliphatic heterocycles. The molecule has 0 radical (unpaired) electrons. The molecular formula is C16H20N2O2S. The van der Waals surface area contributed by atoms with E-state index in [2.05, 4.69) is 4.72 Å². The lowest BCUT2D eigenvalue weighted by Crippen LogP contribution is -2.24. The number of aryl methyl sites for hydroxylation is 2. The Kier molecular flexibility index (Phi) is 4.34. The fourth-order valence-electron chi connectivity index (χ4n) is 2.07. The van der Waals surface area contributed by atoms with Crippen LogP contribution in [0.3, 0.4) is 0 Å². The van der Waals surface area contributed by atoms with Crippen molar-refractivity contribution in [1.82, 2.24) is 4.72 Å². The van der Waals surface area contributed by atoms with Gasteiger partial charge in [0.1, 0.15) is 0 Å². The maximum Gasteiger partial charge on any atom is 0.240 e. The molecule has 0 unspecified atom stereocenters. The molecule has 5 heteroatoms. The van der Waals surface area contributed by atoms with Crippen molar-refractivity contribution in [3.63, 3.8) is 0 Å². The van der Waals surface area contributed by atoms with E-state index < -0.39 is 10.0 Å². The molecule has 2 aromatic carbocycles. The molecule has 0 spiro atoms. The Morgan fingerprint density at radius 3 is 2.33 bits per heavy atom. The zero-order chi connectivity index (χ0) is 15.6. The third-order valence-corrected chi connectivity index (χ3v) is 5.09. The molecule has 0 fully saturated rings. The standard InChI is InChI=1S/C16H20N2O2S/c1-11-6-4-5-7-14(11)10-18-21(19,20)15-8-12(2)13(3)16(17)9-15/h4-9,18H,10,17H2,1-3H3. The van der Waals surface area contributed by atoms with Gasteiger partial charge in [-0.2, -0.15) is 0 Å². The van der Waals surface area contributed by atoms with E-state index in [1.807, 2.05) is 45.0 Å². The summed E-state index contributed by atoms with van der Waals surface area (Å²) >= 11 is 0. The lowest BCUT2D eigenvalue weighted by Gasteiger charge is -2.12. The molecule has 2 rings (SSSR count). The molecule has 0 bridgehead atoms. The average Bonchev–Trinajstić information content (AvgIpc) is 2.43. The van der Waals surface area contributed by atoms with Gasteiger partial charge in [0.15, 0.2) is 0 Å². The molecule has 0 atom stereocenters. The predicted octanol–water partition coefficient (Wildman–Crippen LogP) is 2.67. The monoisotopic (exact) mass is 304 g/mol. The molecule has 0 aromatic heterocycles. The normalized spacial score (nSPS) is 11.6. The first-order valence-electron chi connectivity index (χ1n) is 6.72. The first-order valence-corrected chi connectivity index (χ1v) is 8.20. The SMILES string of the molecule is Cc1ccccc1CNS(=O)(=O)c1cc(C)c(C)c(N)c1. The molecule has 21 heavy (non-hydrogen) atoms. The van der Waals surface area contributed by atoms with Gasteiger partial charge in [0.05, 0.1) is 4.90 Å². The highest BCUT2D eigenvalue weighted by Crippen LogP contribution is 2.21. The summed E-state index contributed by atoms with van der Waals surface area (Å²) in [5, 5.41) is 0. The van der Waals surface area contributed by atoms with Crippen molar-refractivity contribution in [2.45, 2.75) is 32.2 Å².